The maximum atomic E-state index is 8.70. The van der Waals surface area contributed by atoms with E-state index in [1.807, 2.05) is 0 Å². The van der Waals surface area contributed by atoms with Gasteiger partial charge in [0.25, 0.3) is 0 Å². The molecule has 3 nitrogen and oxygen atoms in total. The van der Waals surface area contributed by atoms with Crippen LogP contribution in [0.4, 0.5) is 0 Å². The molecule has 12 heavy (non-hydrogen) atoms. The third-order valence-electron chi connectivity index (χ3n) is 1.86. The van der Waals surface area contributed by atoms with Gasteiger partial charge in [-0.05, 0) is 32.5 Å². The lowest BCUT2D eigenvalue weighted by Crippen LogP contribution is -2.21. The van der Waals surface area contributed by atoms with Gasteiger partial charge in [-0.15, -0.1) is 0 Å². The van der Waals surface area contributed by atoms with Crippen LogP contribution in [0.5, 0.6) is 0 Å². The van der Waals surface area contributed by atoms with Crippen LogP contribution in [0, 0.1) is 5.92 Å². The number of aliphatic hydroxyl groups is 2. The van der Waals surface area contributed by atoms with Crippen molar-refractivity contribution in [3.05, 3.63) is 0 Å². The van der Waals surface area contributed by atoms with Crippen molar-refractivity contribution in [2.24, 2.45) is 5.92 Å². The minimum Gasteiger partial charge on any atom is -0.400 e. The van der Waals surface area contributed by atoms with Crippen molar-refractivity contribution < 1.29 is 10.2 Å². The summed E-state index contributed by atoms with van der Waals surface area (Å²) in [6, 6.07) is 0. The molecule has 3 heteroatoms. The van der Waals surface area contributed by atoms with Crippen LogP contribution in [-0.2, 0) is 0 Å². The van der Waals surface area contributed by atoms with Crippen molar-refractivity contribution in [2.75, 3.05) is 33.9 Å². The van der Waals surface area contributed by atoms with Gasteiger partial charge in [0.1, 0.15) is 0 Å². The highest BCUT2D eigenvalue weighted by Gasteiger charge is 2.00. The fourth-order valence-corrected chi connectivity index (χ4v) is 0.690. The summed E-state index contributed by atoms with van der Waals surface area (Å²) in [6.45, 7) is 6.72. The molecule has 0 radical (unpaired) electrons. The Morgan fingerprint density at radius 3 is 2.17 bits per heavy atom. The van der Waals surface area contributed by atoms with Crippen molar-refractivity contribution in [3.63, 3.8) is 0 Å². The first-order chi connectivity index (χ1) is 5.70. The normalized spacial score (nSPS) is 12.2. The fraction of sp³-hybridized carbons (Fsp3) is 1.00. The largest absolute Gasteiger partial charge is 0.400 e. The molecule has 0 aromatic rings. The molecule has 0 saturated heterocycles. The maximum Gasteiger partial charge on any atom is 0.0457 e. The second-order valence-corrected chi connectivity index (χ2v) is 2.97. The quantitative estimate of drug-likeness (QED) is 0.645. The van der Waals surface area contributed by atoms with Crippen LogP contribution in [0.25, 0.3) is 0 Å². The molecular weight excluding hydrogens is 154 g/mol. The van der Waals surface area contributed by atoms with Gasteiger partial charge in [0.2, 0.25) is 0 Å². The lowest BCUT2D eigenvalue weighted by atomic mass is 10.1. The molecule has 0 spiro atoms. The highest BCUT2D eigenvalue weighted by atomic mass is 16.3. The van der Waals surface area contributed by atoms with E-state index in [0.29, 0.717) is 12.5 Å². The SMILES string of the molecule is CCN(C)CCC(C)CO.CO. The molecule has 0 amide bonds. The number of rotatable bonds is 5. The van der Waals surface area contributed by atoms with Crippen molar-refractivity contribution in [1.82, 2.24) is 4.90 Å². The van der Waals surface area contributed by atoms with Gasteiger partial charge in [0.15, 0.2) is 0 Å². The van der Waals surface area contributed by atoms with E-state index in [4.69, 9.17) is 10.2 Å². The highest BCUT2D eigenvalue weighted by molar-refractivity contribution is 4.54. The Morgan fingerprint density at radius 1 is 1.33 bits per heavy atom. The van der Waals surface area contributed by atoms with Gasteiger partial charge in [-0.2, -0.15) is 0 Å². The molecule has 1 atom stereocenters. The first-order valence-corrected chi connectivity index (χ1v) is 4.44. The van der Waals surface area contributed by atoms with Crippen molar-refractivity contribution in [1.29, 1.82) is 0 Å². The minimum absolute atomic E-state index is 0.317. The molecule has 0 rings (SSSR count). The molecule has 0 saturated carbocycles. The number of aliphatic hydroxyl groups excluding tert-OH is 2. The first kappa shape index (κ1) is 14.4. The Hall–Kier alpha value is -0.120. The average molecular weight is 177 g/mol. The fourth-order valence-electron chi connectivity index (χ4n) is 0.690. The molecule has 0 bridgehead atoms. The van der Waals surface area contributed by atoms with E-state index in [9.17, 15) is 0 Å². The van der Waals surface area contributed by atoms with Gasteiger partial charge in [0, 0.05) is 13.7 Å². The number of hydrogen-bond donors (Lipinski definition) is 2. The summed E-state index contributed by atoms with van der Waals surface area (Å²) in [6.07, 6.45) is 1.10. The molecule has 0 heterocycles. The number of nitrogens with zero attached hydrogens (tertiary/aromatic N) is 1. The van der Waals surface area contributed by atoms with E-state index in [-0.39, 0.29) is 0 Å². The molecule has 0 aliphatic heterocycles. The second kappa shape index (κ2) is 10.9. The zero-order valence-electron chi connectivity index (χ0n) is 8.75. The molecule has 2 N–H and O–H groups in total. The molecule has 0 fully saturated rings. The van der Waals surface area contributed by atoms with Crippen LogP contribution in [0.2, 0.25) is 0 Å². The Morgan fingerprint density at radius 2 is 1.83 bits per heavy atom. The molecule has 0 aliphatic carbocycles. The lowest BCUT2D eigenvalue weighted by molar-refractivity contribution is 0.213. The topological polar surface area (TPSA) is 43.7 Å². The summed E-state index contributed by atoms with van der Waals surface area (Å²) in [4.78, 5) is 2.26. The summed E-state index contributed by atoms with van der Waals surface area (Å²) < 4.78 is 0. The Balaban J connectivity index is 0. The Kier molecular flexibility index (Phi) is 13.1. The predicted octanol–water partition coefficient (Wildman–Crippen LogP) is 0.565. The Bertz CT molecular complexity index is 68.9. The zero-order chi connectivity index (χ0) is 9.98. The van der Waals surface area contributed by atoms with Gasteiger partial charge in [-0.1, -0.05) is 13.8 Å². The molecule has 0 aromatic carbocycles. The van der Waals surface area contributed by atoms with Crippen LogP contribution in [-0.4, -0.2) is 49.0 Å². The maximum absolute atomic E-state index is 8.70. The third kappa shape index (κ3) is 9.88. The van der Waals surface area contributed by atoms with Gasteiger partial charge in [0.05, 0.1) is 0 Å². The van der Waals surface area contributed by atoms with Crippen LogP contribution in [0.1, 0.15) is 20.3 Å². The number of hydrogen-bond acceptors (Lipinski definition) is 3. The van der Waals surface area contributed by atoms with Crippen LogP contribution in [0.15, 0.2) is 0 Å². The monoisotopic (exact) mass is 177 g/mol. The second-order valence-electron chi connectivity index (χ2n) is 2.97. The molecule has 76 valence electrons. The molecular formula is C9H23NO2. The molecule has 1 unspecified atom stereocenters. The van der Waals surface area contributed by atoms with Crippen LogP contribution in [0.3, 0.4) is 0 Å². The average Bonchev–Trinajstić information content (AvgIpc) is 2.16. The van der Waals surface area contributed by atoms with Crippen molar-refractivity contribution in [2.45, 2.75) is 20.3 Å². The third-order valence-corrected chi connectivity index (χ3v) is 1.86. The van der Waals surface area contributed by atoms with Gasteiger partial charge < -0.3 is 15.1 Å². The van der Waals surface area contributed by atoms with E-state index in [1.165, 1.54) is 0 Å². The van der Waals surface area contributed by atoms with Crippen LogP contribution >= 0.6 is 0 Å². The van der Waals surface area contributed by atoms with E-state index >= 15 is 0 Å². The zero-order valence-corrected chi connectivity index (χ0v) is 8.75. The molecule has 0 aromatic heterocycles. The summed E-state index contributed by atoms with van der Waals surface area (Å²) in [5.41, 5.74) is 0. The van der Waals surface area contributed by atoms with Gasteiger partial charge in [-0.3, -0.25) is 0 Å². The highest BCUT2D eigenvalue weighted by Crippen LogP contribution is 2.00. The standard InChI is InChI=1S/C8H19NO.CH4O/c1-4-9(3)6-5-8(2)7-10;1-2/h8,10H,4-7H2,1-3H3;2H,1H3. The van der Waals surface area contributed by atoms with Gasteiger partial charge in [-0.25, -0.2) is 0 Å². The summed E-state index contributed by atoms with van der Waals surface area (Å²) >= 11 is 0. The predicted molar refractivity (Wildman–Crippen MR) is 52.2 cm³/mol. The summed E-state index contributed by atoms with van der Waals surface area (Å²) in [5, 5.41) is 15.7. The molecule has 0 aliphatic rings. The van der Waals surface area contributed by atoms with E-state index in [2.05, 4.69) is 25.8 Å². The van der Waals surface area contributed by atoms with Gasteiger partial charge >= 0.3 is 0 Å². The van der Waals surface area contributed by atoms with E-state index < -0.39 is 0 Å². The van der Waals surface area contributed by atoms with Crippen LogP contribution < -0.4 is 0 Å². The van der Waals surface area contributed by atoms with Crippen molar-refractivity contribution >= 4 is 0 Å². The lowest BCUT2D eigenvalue weighted by Gasteiger charge is -2.15. The summed E-state index contributed by atoms with van der Waals surface area (Å²) in [7, 11) is 3.10. The van der Waals surface area contributed by atoms with E-state index in [0.717, 1.165) is 26.6 Å². The van der Waals surface area contributed by atoms with E-state index in [1.54, 1.807) is 0 Å². The Labute approximate surface area is 76.0 Å². The summed E-state index contributed by atoms with van der Waals surface area (Å²) in [5.74, 6) is 0.453. The smallest absolute Gasteiger partial charge is 0.0457 e. The van der Waals surface area contributed by atoms with Crippen molar-refractivity contribution in [3.8, 4) is 0 Å². The minimum atomic E-state index is 0.317. The first-order valence-electron chi connectivity index (χ1n) is 4.44.